The molecule has 7 nitrogen and oxygen atoms in total. The Hall–Kier alpha value is -2.77. The first kappa shape index (κ1) is 13.3. The molecule has 0 saturated heterocycles. The summed E-state index contributed by atoms with van der Waals surface area (Å²) in [6.45, 7) is 0. The highest BCUT2D eigenvalue weighted by atomic mass is 19.1. The highest BCUT2D eigenvalue weighted by molar-refractivity contribution is 5.93. The van der Waals surface area contributed by atoms with Crippen molar-refractivity contribution >= 4 is 23.7 Å². The van der Waals surface area contributed by atoms with Crippen molar-refractivity contribution in [2.24, 2.45) is 0 Å². The largest absolute Gasteiger partial charge is 0.478 e. The van der Waals surface area contributed by atoms with E-state index in [2.05, 4.69) is 0 Å². The van der Waals surface area contributed by atoms with Gasteiger partial charge in [0.05, 0.1) is 4.92 Å². The van der Waals surface area contributed by atoms with Gasteiger partial charge < -0.3 is 10.2 Å². The van der Waals surface area contributed by atoms with Crippen LogP contribution < -0.4 is 0 Å². The first-order valence-electron chi connectivity index (χ1n) is 4.45. The third kappa shape index (κ3) is 2.88. The van der Waals surface area contributed by atoms with Gasteiger partial charge in [0, 0.05) is 17.7 Å². The summed E-state index contributed by atoms with van der Waals surface area (Å²) in [5.41, 5.74) is -1.99. The molecule has 18 heavy (non-hydrogen) atoms. The van der Waals surface area contributed by atoms with Gasteiger partial charge in [0.25, 0.3) is 5.69 Å². The first-order valence-corrected chi connectivity index (χ1v) is 4.45. The normalized spacial score (nSPS) is 10.5. The topological polar surface area (TPSA) is 118 Å². The maximum Gasteiger partial charge on any atom is 0.342 e. The Morgan fingerprint density at radius 2 is 1.94 bits per heavy atom. The van der Waals surface area contributed by atoms with Crippen molar-refractivity contribution in [1.29, 1.82) is 0 Å². The van der Waals surface area contributed by atoms with Gasteiger partial charge in [0.1, 0.15) is 11.4 Å². The quantitative estimate of drug-likeness (QED) is 0.478. The molecule has 0 bridgehead atoms. The Kier molecular flexibility index (Phi) is 3.72. The first-order chi connectivity index (χ1) is 8.32. The van der Waals surface area contributed by atoms with E-state index in [1.165, 1.54) is 0 Å². The molecule has 2 N–H and O–H groups in total. The summed E-state index contributed by atoms with van der Waals surface area (Å²) in [6, 6.07) is 1.14. The van der Waals surface area contributed by atoms with Gasteiger partial charge in [-0.15, -0.1) is 0 Å². The van der Waals surface area contributed by atoms with Crippen LogP contribution in [0.15, 0.2) is 18.2 Å². The van der Waals surface area contributed by atoms with E-state index in [1.54, 1.807) is 0 Å². The lowest BCUT2D eigenvalue weighted by Crippen LogP contribution is -2.04. The average Bonchev–Trinajstić information content (AvgIpc) is 2.26. The zero-order valence-electron chi connectivity index (χ0n) is 8.66. The molecule has 1 aromatic rings. The van der Waals surface area contributed by atoms with Crippen LogP contribution in [0.5, 0.6) is 0 Å². The van der Waals surface area contributed by atoms with Crippen LogP contribution in [0.25, 0.3) is 6.08 Å². The Labute approximate surface area is 98.9 Å². The number of carboxylic acid groups (broad SMARTS) is 2. The van der Waals surface area contributed by atoms with Gasteiger partial charge in [-0.3, -0.25) is 10.1 Å². The number of carboxylic acids is 2. The molecular weight excluding hydrogens is 249 g/mol. The van der Waals surface area contributed by atoms with Crippen LogP contribution in [0.3, 0.4) is 0 Å². The van der Waals surface area contributed by atoms with E-state index in [4.69, 9.17) is 10.2 Å². The monoisotopic (exact) mass is 255 g/mol. The molecule has 94 valence electrons. The minimum atomic E-state index is -1.64. The lowest BCUT2D eigenvalue weighted by molar-refractivity contribution is -0.385. The smallest absolute Gasteiger partial charge is 0.342 e. The number of rotatable bonds is 4. The molecule has 0 aromatic heterocycles. The molecule has 0 amide bonds. The number of hydrogen-bond donors (Lipinski definition) is 2. The van der Waals surface area contributed by atoms with E-state index in [0.717, 1.165) is 6.08 Å². The molecule has 0 spiro atoms. The molecule has 0 atom stereocenters. The number of aliphatic carboxylic acids is 1. The SMILES string of the molecule is O=C(O)C=Cc1cc([N+](=O)[O-])c(C(=O)O)cc1F. The number of halogens is 1. The van der Waals surface area contributed by atoms with Gasteiger partial charge in [-0.25, -0.2) is 14.0 Å². The predicted octanol–water partition coefficient (Wildman–Crippen LogP) is 1.53. The van der Waals surface area contributed by atoms with E-state index in [0.29, 0.717) is 18.2 Å². The Morgan fingerprint density at radius 1 is 1.33 bits per heavy atom. The molecule has 0 aliphatic heterocycles. The van der Waals surface area contributed by atoms with Crippen LogP contribution in [0.2, 0.25) is 0 Å². The minimum absolute atomic E-state index is 0.380. The van der Waals surface area contributed by atoms with Crippen LogP contribution in [0, 0.1) is 15.9 Å². The molecule has 1 aromatic carbocycles. The van der Waals surface area contributed by atoms with E-state index >= 15 is 0 Å². The molecular formula is C10H6FNO6. The van der Waals surface area contributed by atoms with E-state index in [1.807, 2.05) is 0 Å². The van der Waals surface area contributed by atoms with Gasteiger partial charge >= 0.3 is 11.9 Å². The third-order valence-corrected chi connectivity index (χ3v) is 1.95. The summed E-state index contributed by atoms with van der Waals surface area (Å²) in [5.74, 6) is -4.07. The van der Waals surface area contributed by atoms with Gasteiger partial charge in [-0.2, -0.15) is 0 Å². The van der Waals surface area contributed by atoms with Crippen molar-refractivity contribution in [2.75, 3.05) is 0 Å². The van der Waals surface area contributed by atoms with Crippen molar-refractivity contribution in [3.05, 3.63) is 45.3 Å². The second kappa shape index (κ2) is 5.04. The number of carbonyl (C=O) groups is 2. The van der Waals surface area contributed by atoms with E-state index < -0.39 is 33.9 Å². The molecule has 1 rings (SSSR count). The maximum atomic E-state index is 13.4. The van der Waals surface area contributed by atoms with Gasteiger partial charge in [-0.05, 0) is 12.1 Å². The lowest BCUT2D eigenvalue weighted by atomic mass is 10.1. The van der Waals surface area contributed by atoms with Gasteiger partial charge in [0.2, 0.25) is 0 Å². The average molecular weight is 255 g/mol. The number of aromatic carboxylic acids is 1. The zero-order chi connectivity index (χ0) is 13.9. The highest BCUT2D eigenvalue weighted by Gasteiger charge is 2.22. The van der Waals surface area contributed by atoms with Crippen molar-refractivity contribution in [1.82, 2.24) is 0 Å². The summed E-state index contributed by atoms with van der Waals surface area (Å²) in [7, 11) is 0. The molecule has 0 heterocycles. The number of nitro benzene ring substituents is 1. The maximum absolute atomic E-state index is 13.4. The fourth-order valence-corrected chi connectivity index (χ4v) is 1.19. The van der Waals surface area contributed by atoms with Crippen molar-refractivity contribution in [3.8, 4) is 0 Å². The number of nitrogens with zero attached hydrogens (tertiary/aromatic N) is 1. The zero-order valence-corrected chi connectivity index (χ0v) is 8.66. The molecule has 0 radical (unpaired) electrons. The number of hydrogen-bond acceptors (Lipinski definition) is 4. The van der Waals surface area contributed by atoms with Gasteiger partial charge in [-0.1, -0.05) is 0 Å². The lowest BCUT2D eigenvalue weighted by Gasteiger charge is -2.01. The minimum Gasteiger partial charge on any atom is -0.478 e. The summed E-state index contributed by atoms with van der Waals surface area (Å²) < 4.78 is 13.4. The Bertz CT molecular complexity index is 566. The Balaban J connectivity index is 3.40. The summed E-state index contributed by atoms with van der Waals surface area (Å²) in [6.07, 6.45) is 1.39. The van der Waals surface area contributed by atoms with Crippen LogP contribution in [0.1, 0.15) is 15.9 Å². The van der Waals surface area contributed by atoms with Crippen LogP contribution in [0.4, 0.5) is 10.1 Å². The fraction of sp³-hybridized carbons (Fsp3) is 0. The van der Waals surface area contributed by atoms with E-state index in [9.17, 15) is 24.1 Å². The third-order valence-electron chi connectivity index (χ3n) is 1.95. The van der Waals surface area contributed by atoms with Crippen LogP contribution >= 0.6 is 0 Å². The van der Waals surface area contributed by atoms with Gasteiger partial charge in [0.15, 0.2) is 0 Å². The Morgan fingerprint density at radius 3 is 2.39 bits per heavy atom. The van der Waals surface area contributed by atoms with Crippen molar-refractivity contribution < 1.29 is 29.1 Å². The highest BCUT2D eigenvalue weighted by Crippen LogP contribution is 2.24. The number of nitro groups is 1. The molecule has 0 aliphatic rings. The van der Waals surface area contributed by atoms with Crippen LogP contribution in [-0.4, -0.2) is 27.1 Å². The van der Waals surface area contributed by atoms with Crippen molar-refractivity contribution in [3.63, 3.8) is 0 Å². The molecule has 0 aliphatic carbocycles. The molecule has 0 saturated carbocycles. The second-order valence-electron chi connectivity index (χ2n) is 3.12. The second-order valence-corrected chi connectivity index (χ2v) is 3.12. The van der Waals surface area contributed by atoms with Crippen LogP contribution in [-0.2, 0) is 4.79 Å². The molecule has 0 fully saturated rings. The summed E-state index contributed by atoms with van der Waals surface area (Å²) >= 11 is 0. The standard InChI is InChI=1S/C10H6FNO6/c11-7-4-6(10(15)16)8(12(17)18)3-5(7)1-2-9(13)14/h1-4H,(H,13,14)(H,15,16). The molecule has 0 unspecified atom stereocenters. The number of benzene rings is 1. The fourth-order valence-electron chi connectivity index (χ4n) is 1.19. The van der Waals surface area contributed by atoms with Crippen molar-refractivity contribution in [2.45, 2.75) is 0 Å². The van der Waals surface area contributed by atoms with E-state index in [-0.39, 0.29) is 5.56 Å². The predicted molar refractivity (Wildman–Crippen MR) is 56.7 cm³/mol. The summed E-state index contributed by atoms with van der Waals surface area (Å²) in [5, 5.41) is 27.6. The molecule has 8 heteroatoms. The summed E-state index contributed by atoms with van der Waals surface area (Å²) in [4.78, 5) is 30.5.